The number of benzene rings is 2. The average molecular weight is 402 g/mol. The molecule has 30 heavy (non-hydrogen) atoms. The van der Waals surface area contributed by atoms with Gasteiger partial charge in [-0.3, -0.25) is 15.0 Å². The van der Waals surface area contributed by atoms with Crippen molar-refractivity contribution < 1.29 is 14.0 Å². The molecule has 150 valence electrons. The quantitative estimate of drug-likeness (QED) is 0.821. The number of nitrogens with two attached hydrogens (primary N) is 1. The monoisotopic (exact) mass is 402 g/mol. The van der Waals surface area contributed by atoms with Crippen molar-refractivity contribution in [2.45, 2.75) is 25.2 Å². The Hall–Kier alpha value is -3.92. The number of hydrogen-bond acceptors (Lipinski definition) is 5. The van der Waals surface area contributed by atoms with E-state index >= 15 is 0 Å². The number of amides is 1. The number of hydrazine groups is 1. The van der Waals surface area contributed by atoms with Gasteiger partial charge in [0.25, 0.3) is 5.91 Å². The van der Waals surface area contributed by atoms with Gasteiger partial charge in [-0.05, 0) is 31.0 Å². The smallest absolute Gasteiger partial charge is 0.270 e. The number of allylic oxidation sites excluding steroid dienone is 3. The number of ketones is 1. The Bertz CT molecular complexity index is 1130. The van der Waals surface area contributed by atoms with Crippen LogP contribution in [-0.2, 0) is 4.79 Å². The molecule has 4 rings (SSSR count). The summed E-state index contributed by atoms with van der Waals surface area (Å²) in [7, 11) is 0. The van der Waals surface area contributed by atoms with Crippen LogP contribution in [0.4, 0.5) is 4.39 Å². The van der Waals surface area contributed by atoms with Gasteiger partial charge in [-0.2, -0.15) is 5.26 Å². The van der Waals surface area contributed by atoms with Crippen molar-refractivity contribution >= 4 is 11.7 Å². The van der Waals surface area contributed by atoms with Crippen molar-refractivity contribution in [3.05, 3.63) is 94.2 Å². The zero-order chi connectivity index (χ0) is 21.3. The third-order valence-electron chi connectivity index (χ3n) is 5.38. The fourth-order valence-corrected chi connectivity index (χ4v) is 3.99. The second-order valence-corrected chi connectivity index (χ2v) is 7.14. The topological polar surface area (TPSA) is 99.2 Å². The molecular weight excluding hydrogens is 383 g/mol. The van der Waals surface area contributed by atoms with E-state index in [1.807, 2.05) is 6.07 Å². The van der Waals surface area contributed by atoms with Crippen LogP contribution in [0.15, 0.2) is 77.3 Å². The maximum Gasteiger partial charge on any atom is 0.270 e. The van der Waals surface area contributed by atoms with Crippen LogP contribution >= 0.6 is 0 Å². The third-order valence-corrected chi connectivity index (χ3v) is 5.38. The first-order valence-corrected chi connectivity index (χ1v) is 9.59. The fourth-order valence-electron chi connectivity index (χ4n) is 3.99. The summed E-state index contributed by atoms with van der Waals surface area (Å²) >= 11 is 0. The minimum Gasteiger partial charge on any atom is -0.383 e. The van der Waals surface area contributed by atoms with Crippen LogP contribution < -0.4 is 11.2 Å². The summed E-state index contributed by atoms with van der Waals surface area (Å²) in [6.45, 7) is 0. The van der Waals surface area contributed by atoms with E-state index in [0.29, 0.717) is 36.1 Å². The molecule has 6 nitrogen and oxygen atoms in total. The predicted octanol–water partition coefficient (Wildman–Crippen LogP) is 3.27. The summed E-state index contributed by atoms with van der Waals surface area (Å²) in [6.07, 6.45) is 1.35. The van der Waals surface area contributed by atoms with Crippen LogP contribution in [0, 0.1) is 17.1 Å². The van der Waals surface area contributed by atoms with Crippen LogP contribution in [0.5, 0.6) is 0 Å². The highest BCUT2D eigenvalue weighted by Gasteiger charge is 2.41. The maximum absolute atomic E-state index is 14.6. The van der Waals surface area contributed by atoms with Crippen molar-refractivity contribution in [2.75, 3.05) is 0 Å². The molecule has 1 aliphatic heterocycles. The summed E-state index contributed by atoms with van der Waals surface area (Å²) in [6, 6.07) is 16.6. The molecule has 0 saturated carbocycles. The molecular formula is C23H19FN4O2. The number of nitriles is 1. The molecule has 2 aliphatic rings. The van der Waals surface area contributed by atoms with Crippen LogP contribution in [0.3, 0.4) is 0 Å². The lowest BCUT2D eigenvalue weighted by molar-refractivity contribution is -0.116. The molecule has 0 spiro atoms. The number of carbonyl (C=O) groups excluding carboxylic acids is 2. The molecule has 0 bridgehead atoms. The minimum absolute atomic E-state index is 0.0107. The SMILES string of the molecule is N#CC1=C(N)N(NC(=O)c2ccccc2)C2=C(C(=O)CCC2)C1c1ccccc1F. The molecule has 1 aliphatic carbocycles. The van der Waals surface area contributed by atoms with E-state index in [4.69, 9.17) is 5.73 Å². The second-order valence-electron chi connectivity index (χ2n) is 7.14. The standard InChI is InChI=1S/C23H19FN4O2/c24-17-10-5-4-9-15(17)20-16(13-25)22(26)28(18-11-6-12-19(29)21(18)20)27-23(30)14-7-2-1-3-8-14/h1-5,7-10,20H,6,11-12,26H2,(H,27,30). The first-order valence-electron chi connectivity index (χ1n) is 9.59. The Morgan fingerprint density at radius 1 is 1.13 bits per heavy atom. The number of nitrogens with zero attached hydrogens (tertiary/aromatic N) is 2. The van der Waals surface area contributed by atoms with Crippen molar-refractivity contribution in [1.82, 2.24) is 10.4 Å². The molecule has 2 aromatic carbocycles. The number of halogens is 1. The van der Waals surface area contributed by atoms with Gasteiger partial charge in [0, 0.05) is 28.8 Å². The lowest BCUT2D eigenvalue weighted by atomic mass is 9.76. The van der Waals surface area contributed by atoms with Crippen LogP contribution in [-0.4, -0.2) is 16.7 Å². The van der Waals surface area contributed by atoms with Gasteiger partial charge in [-0.25, -0.2) is 9.40 Å². The maximum atomic E-state index is 14.6. The molecule has 1 amide bonds. The molecule has 1 heterocycles. The lowest BCUT2D eigenvalue weighted by Crippen LogP contribution is -2.48. The van der Waals surface area contributed by atoms with Gasteiger partial charge in [-0.1, -0.05) is 36.4 Å². The molecule has 1 unspecified atom stereocenters. The molecule has 0 saturated heterocycles. The summed E-state index contributed by atoms with van der Waals surface area (Å²) < 4.78 is 14.6. The number of hydrogen-bond donors (Lipinski definition) is 2. The molecule has 2 aromatic rings. The molecule has 0 radical (unpaired) electrons. The molecule has 3 N–H and O–H groups in total. The first-order chi connectivity index (χ1) is 14.5. The van der Waals surface area contributed by atoms with Gasteiger partial charge < -0.3 is 5.73 Å². The Balaban J connectivity index is 1.84. The minimum atomic E-state index is -0.899. The Labute approximate surface area is 173 Å². The number of carbonyl (C=O) groups is 2. The van der Waals surface area contributed by atoms with Gasteiger partial charge in [-0.15, -0.1) is 0 Å². The summed E-state index contributed by atoms with van der Waals surface area (Å²) in [4.78, 5) is 25.6. The van der Waals surface area contributed by atoms with Crippen molar-refractivity contribution in [1.29, 1.82) is 5.26 Å². The summed E-state index contributed by atoms with van der Waals surface area (Å²) in [5.41, 5.74) is 10.5. The van der Waals surface area contributed by atoms with E-state index in [1.165, 1.54) is 11.1 Å². The zero-order valence-electron chi connectivity index (χ0n) is 16.1. The van der Waals surface area contributed by atoms with Gasteiger partial charge in [0.1, 0.15) is 11.6 Å². The van der Waals surface area contributed by atoms with E-state index in [0.717, 1.165) is 0 Å². The highest BCUT2D eigenvalue weighted by Crippen LogP contribution is 2.44. The van der Waals surface area contributed by atoms with E-state index < -0.39 is 17.6 Å². The van der Waals surface area contributed by atoms with E-state index in [1.54, 1.807) is 48.5 Å². The third kappa shape index (κ3) is 3.22. The zero-order valence-corrected chi connectivity index (χ0v) is 16.1. The first kappa shape index (κ1) is 19.4. The van der Waals surface area contributed by atoms with Gasteiger partial charge in [0.05, 0.1) is 17.6 Å². The fraction of sp³-hybridized carbons (Fsp3) is 0.174. The molecule has 0 fully saturated rings. The van der Waals surface area contributed by atoms with Crippen LogP contribution in [0.1, 0.15) is 41.1 Å². The van der Waals surface area contributed by atoms with E-state index in [2.05, 4.69) is 5.43 Å². The van der Waals surface area contributed by atoms with Gasteiger partial charge >= 0.3 is 0 Å². The number of nitrogens with one attached hydrogen (secondary N) is 1. The predicted molar refractivity (Wildman–Crippen MR) is 108 cm³/mol. The Morgan fingerprint density at radius 3 is 2.53 bits per heavy atom. The largest absolute Gasteiger partial charge is 0.383 e. The van der Waals surface area contributed by atoms with E-state index in [9.17, 15) is 19.2 Å². The van der Waals surface area contributed by atoms with Crippen molar-refractivity contribution in [2.24, 2.45) is 5.73 Å². The highest BCUT2D eigenvalue weighted by molar-refractivity contribution is 6.00. The second kappa shape index (κ2) is 7.84. The highest BCUT2D eigenvalue weighted by atomic mass is 19.1. The van der Waals surface area contributed by atoms with Crippen LogP contribution in [0.2, 0.25) is 0 Å². The Kier molecular flexibility index (Phi) is 5.07. The van der Waals surface area contributed by atoms with Crippen LogP contribution in [0.25, 0.3) is 0 Å². The number of Topliss-reactive ketones (excluding diaryl/α,β-unsaturated/α-hetero) is 1. The molecule has 0 aromatic heterocycles. The summed E-state index contributed by atoms with van der Waals surface area (Å²) in [5.74, 6) is -2.03. The average Bonchev–Trinajstić information content (AvgIpc) is 2.76. The Morgan fingerprint density at radius 2 is 1.83 bits per heavy atom. The van der Waals surface area contributed by atoms with Gasteiger partial charge in [0.2, 0.25) is 0 Å². The molecule has 1 atom stereocenters. The lowest BCUT2D eigenvalue weighted by Gasteiger charge is -2.39. The van der Waals surface area contributed by atoms with E-state index in [-0.39, 0.29) is 22.7 Å². The molecule has 7 heteroatoms. The number of rotatable bonds is 3. The van der Waals surface area contributed by atoms with Crippen molar-refractivity contribution in [3.63, 3.8) is 0 Å². The van der Waals surface area contributed by atoms with Gasteiger partial charge in [0.15, 0.2) is 5.78 Å². The summed E-state index contributed by atoms with van der Waals surface area (Å²) in [5, 5.41) is 11.2. The van der Waals surface area contributed by atoms with Crippen molar-refractivity contribution in [3.8, 4) is 6.07 Å². The normalized spacial score (nSPS) is 18.7.